The Hall–Kier alpha value is -1.15. The van der Waals surface area contributed by atoms with Gasteiger partial charge in [0.05, 0.1) is 5.75 Å². The van der Waals surface area contributed by atoms with Crippen molar-refractivity contribution in [3.63, 3.8) is 0 Å². The molecule has 1 aliphatic rings. The van der Waals surface area contributed by atoms with Crippen molar-refractivity contribution in [1.29, 1.82) is 0 Å². The first-order valence-electron chi connectivity index (χ1n) is 7.13. The van der Waals surface area contributed by atoms with Crippen LogP contribution in [0.5, 0.6) is 0 Å². The predicted molar refractivity (Wildman–Crippen MR) is 79.1 cm³/mol. The third kappa shape index (κ3) is 4.67. The van der Waals surface area contributed by atoms with Crippen LogP contribution in [-0.2, 0) is 14.6 Å². The molecule has 0 spiro atoms. The summed E-state index contributed by atoms with van der Waals surface area (Å²) >= 11 is 0. The second-order valence-corrected chi connectivity index (χ2v) is 8.29. The molecule has 21 heavy (non-hydrogen) atoms. The number of nitrogens with one attached hydrogen (secondary N) is 1. The molecule has 0 radical (unpaired) electrons. The topological polar surface area (TPSA) is 94.3 Å². The van der Waals surface area contributed by atoms with Gasteiger partial charge in [0.1, 0.15) is 9.84 Å². The highest BCUT2D eigenvalue weighted by Crippen LogP contribution is 2.32. The molecule has 1 aromatic heterocycles. The summed E-state index contributed by atoms with van der Waals surface area (Å²) in [7, 11) is -3.06. The molecule has 2 rings (SSSR count). The summed E-state index contributed by atoms with van der Waals surface area (Å²) in [6, 6.07) is 0.345. The van der Waals surface area contributed by atoms with Crippen LogP contribution < -0.4 is 5.32 Å². The van der Waals surface area contributed by atoms with Gasteiger partial charge in [-0.3, -0.25) is 0 Å². The van der Waals surface area contributed by atoms with Crippen molar-refractivity contribution in [1.82, 2.24) is 10.1 Å². The van der Waals surface area contributed by atoms with Crippen molar-refractivity contribution in [2.75, 3.05) is 37.1 Å². The lowest BCUT2D eigenvalue weighted by atomic mass is 9.82. The van der Waals surface area contributed by atoms with Gasteiger partial charge in [0.15, 0.2) is 5.82 Å². The fraction of sp³-hybridized carbons (Fsp3) is 0.846. The van der Waals surface area contributed by atoms with Gasteiger partial charge in [-0.2, -0.15) is 4.98 Å². The molecule has 0 atom stereocenters. The van der Waals surface area contributed by atoms with Crippen molar-refractivity contribution in [3.8, 4) is 0 Å². The Morgan fingerprint density at radius 1 is 1.33 bits per heavy atom. The molecule has 0 unspecified atom stereocenters. The van der Waals surface area contributed by atoms with E-state index >= 15 is 0 Å². The second-order valence-electron chi connectivity index (χ2n) is 6.15. The van der Waals surface area contributed by atoms with Crippen molar-refractivity contribution in [2.45, 2.75) is 32.6 Å². The SMILES string of the molecule is CC(C)c1noc(NCC2(CS(C)(=O)=O)CCOCC2)n1. The van der Waals surface area contributed by atoms with Gasteiger partial charge in [-0.05, 0) is 12.8 Å². The number of aromatic nitrogens is 2. The minimum atomic E-state index is -3.06. The van der Waals surface area contributed by atoms with Gasteiger partial charge in [-0.25, -0.2) is 8.42 Å². The van der Waals surface area contributed by atoms with E-state index in [1.807, 2.05) is 13.8 Å². The van der Waals surface area contributed by atoms with Gasteiger partial charge in [-0.15, -0.1) is 0 Å². The highest BCUT2D eigenvalue weighted by molar-refractivity contribution is 7.90. The molecule has 1 aromatic rings. The van der Waals surface area contributed by atoms with Gasteiger partial charge >= 0.3 is 6.01 Å². The number of anilines is 1. The Balaban J connectivity index is 2.04. The number of rotatable bonds is 6. The average Bonchev–Trinajstić information content (AvgIpc) is 2.84. The third-order valence-corrected chi connectivity index (χ3v) is 4.83. The van der Waals surface area contributed by atoms with E-state index in [1.54, 1.807) is 0 Å². The normalized spacial score (nSPS) is 18.9. The van der Waals surface area contributed by atoms with Crippen LogP contribution in [0.4, 0.5) is 6.01 Å². The smallest absolute Gasteiger partial charge is 0.321 e. The van der Waals surface area contributed by atoms with Crippen LogP contribution in [0.2, 0.25) is 0 Å². The van der Waals surface area contributed by atoms with Gasteiger partial charge < -0.3 is 14.6 Å². The lowest BCUT2D eigenvalue weighted by Gasteiger charge is -2.36. The molecule has 8 heteroatoms. The molecular formula is C13H23N3O4S. The zero-order chi connectivity index (χ0) is 15.5. The summed E-state index contributed by atoms with van der Waals surface area (Å²) in [4.78, 5) is 4.25. The van der Waals surface area contributed by atoms with Crippen LogP contribution in [0.1, 0.15) is 38.4 Å². The maximum absolute atomic E-state index is 11.7. The maximum Gasteiger partial charge on any atom is 0.321 e. The Morgan fingerprint density at radius 2 is 2.00 bits per heavy atom. The number of hydrogen-bond acceptors (Lipinski definition) is 7. The van der Waals surface area contributed by atoms with Crippen LogP contribution in [0.3, 0.4) is 0 Å². The molecule has 0 aromatic carbocycles. The number of ether oxygens (including phenoxy) is 1. The number of nitrogens with zero attached hydrogens (tertiary/aromatic N) is 2. The minimum Gasteiger partial charge on any atom is -0.381 e. The van der Waals surface area contributed by atoms with Crippen LogP contribution in [0.15, 0.2) is 4.52 Å². The molecule has 120 valence electrons. The van der Waals surface area contributed by atoms with E-state index in [-0.39, 0.29) is 17.1 Å². The zero-order valence-electron chi connectivity index (χ0n) is 12.8. The first-order valence-corrected chi connectivity index (χ1v) is 9.19. The first-order chi connectivity index (χ1) is 9.80. The van der Waals surface area contributed by atoms with Gasteiger partial charge in [0.2, 0.25) is 0 Å². The summed E-state index contributed by atoms with van der Waals surface area (Å²) in [5.41, 5.74) is -0.335. The molecule has 0 saturated carbocycles. The Bertz CT molecular complexity index is 562. The second kappa shape index (κ2) is 6.31. The molecule has 2 heterocycles. The van der Waals surface area contributed by atoms with E-state index in [9.17, 15) is 8.42 Å². The highest BCUT2D eigenvalue weighted by Gasteiger charge is 2.36. The van der Waals surface area contributed by atoms with Gasteiger partial charge in [0.25, 0.3) is 0 Å². The van der Waals surface area contributed by atoms with Crippen LogP contribution >= 0.6 is 0 Å². The largest absolute Gasteiger partial charge is 0.381 e. The number of hydrogen-bond donors (Lipinski definition) is 1. The summed E-state index contributed by atoms with van der Waals surface area (Å²) in [6.07, 6.45) is 2.68. The Morgan fingerprint density at radius 3 is 2.52 bits per heavy atom. The first kappa shape index (κ1) is 16.2. The standard InChI is InChI=1S/C13H23N3O4S/c1-10(2)11-15-12(20-16-11)14-8-13(9-21(3,17)18)4-6-19-7-5-13/h10H,4-9H2,1-3H3,(H,14,15,16). The highest BCUT2D eigenvalue weighted by atomic mass is 32.2. The molecule has 1 saturated heterocycles. The van der Waals surface area contributed by atoms with E-state index in [2.05, 4.69) is 15.5 Å². The fourth-order valence-corrected chi connectivity index (χ4v) is 4.04. The lowest BCUT2D eigenvalue weighted by Crippen LogP contribution is -2.41. The minimum absolute atomic E-state index is 0.140. The monoisotopic (exact) mass is 317 g/mol. The lowest BCUT2D eigenvalue weighted by molar-refractivity contribution is 0.0312. The number of sulfone groups is 1. The fourth-order valence-electron chi connectivity index (χ4n) is 2.54. The summed E-state index contributed by atoms with van der Waals surface area (Å²) < 4.78 is 33.9. The van der Waals surface area contributed by atoms with E-state index in [1.165, 1.54) is 6.26 Å². The predicted octanol–water partition coefficient (Wildman–Crippen LogP) is 1.45. The molecule has 1 N–H and O–H groups in total. The molecule has 0 amide bonds. The third-order valence-electron chi connectivity index (χ3n) is 3.69. The summed E-state index contributed by atoms with van der Waals surface area (Å²) in [5, 5.41) is 6.98. The van der Waals surface area contributed by atoms with E-state index in [0.29, 0.717) is 44.4 Å². The van der Waals surface area contributed by atoms with Gasteiger partial charge in [-0.1, -0.05) is 19.0 Å². The Labute approximate surface area is 125 Å². The molecule has 7 nitrogen and oxygen atoms in total. The Kier molecular flexibility index (Phi) is 4.88. The molecule has 0 bridgehead atoms. The zero-order valence-corrected chi connectivity index (χ0v) is 13.6. The van der Waals surface area contributed by atoms with E-state index in [0.717, 1.165) is 0 Å². The van der Waals surface area contributed by atoms with Crippen molar-refractivity contribution in [2.24, 2.45) is 5.41 Å². The van der Waals surface area contributed by atoms with Gasteiger partial charge in [0, 0.05) is 37.3 Å². The summed E-state index contributed by atoms with van der Waals surface area (Å²) in [5.74, 6) is 0.973. The quantitative estimate of drug-likeness (QED) is 0.848. The molecule has 0 aliphatic carbocycles. The van der Waals surface area contributed by atoms with Crippen molar-refractivity contribution < 1.29 is 17.7 Å². The van der Waals surface area contributed by atoms with Crippen LogP contribution in [-0.4, -0.2) is 50.3 Å². The maximum atomic E-state index is 11.7. The van der Waals surface area contributed by atoms with E-state index in [4.69, 9.17) is 9.26 Å². The molecular weight excluding hydrogens is 294 g/mol. The summed E-state index contributed by atoms with van der Waals surface area (Å²) in [6.45, 7) is 5.62. The van der Waals surface area contributed by atoms with Crippen LogP contribution in [0.25, 0.3) is 0 Å². The van der Waals surface area contributed by atoms with E-state index < -0.39 is 9.84 Å². The molecule has 1 fully saturated rings. The average molecular weight is 317 g/mol. The van der Waals surface area contributed by atoms with Crippen molar-refractivity contribution in [3.05, 3.63) is 5.82 Å². The van der Waals surface area contributed by atoms with Crippen molar-refractivity contribution >= 4 is 15.9 Å². The molecule has 1 aliphatic heterocycles. The van der Waals surface area contributed by atoms with Crippen LogP contribution in [0, 0.1) is 5.41 Å².